The summed E-state index contributed by atoms with van der Waals surface area (Å²) in [6.07, 6.45) is 4.30. The van der Waals surface area contributed by atoms with Crippen molar-refractivity contribution in [2.24, 2.45) is 0 Å². The Morgan fingerprint density at radius 2 is 2.38 bits per heavy atom. The highest BCUT2D eigenvalue weighted by molar-refractivity contribution is 5.67. The van der Waals surface area contributed by atoms with Crippen molar-refractivity contribution in [2.45, 2.75) is 19.8 Å². The molecule has 5 heteroatoms. The molecule has 0 atom stereocenters. The summed E-state index contributed by atoms with van der Waals surface area (Å²) >= 11 is 0. The van der Waals surface area contributed by atoms with Gasteiger partial charge in [0.05, 0.1) is 12.1 Å². The fourth-order valence-electron chi connectivity index (χ4n) is 1.66. The van der Waals surface area contributed by atoms with Crippen LogP contribution >= 0.6 is 0 Å². The zero-order valence-corrected chi connectivity index (χ0v) is 8.95. The average molecular weight is 219 g/mol. The Labute approximate surface area is 92.5 Å². The second-order valence-corrected chi connectivity index (χ2v) is 3.67. The fourth-order valence-corrected chi connectivity index (χ4v) is 1.66. The molecule has 0 aliphatic rings. The predicted octanol–water partition coefficient (Wildman–Crippen LogP) is 1.73. The van der Waals surface area contributed by atoms with Gasteiger partial charge >= 0.3 is 5.97 Å². The van der Waals surface area contributed by atoms with Gasteiger partial charge in [0, 0.05) is 23.7 Å². The fraction of sp³-hybridized carbons (Fsp3) is 0.273. The largest absolute Gasteiger partial charge is 0.481 e. The lowest BCUT2D eigenvalue weighted by Gasteiger charge is -1.97. The third-order valence-electron chi connectivity index (χ3n) is 2.57. The maximum Gasteiger partial charge on any atom is 0.303 e. The van der Waals surface area contributed by atoms with Crippen LogP contribution in [-0.2, 0) is 11.2 Å². The minimum Gasteiger partial charge on any atom is -0.481 e. The average Bonchev–Trinajstić information content (AvgIpc) is 2.84. The Balaban J connectivity index is 2.21. The number of nitrogens with one attached hydrogen (secondary N) is 2. The first-order valence-electron chi connectivity index (χ1n) is 5.07. The standard InChI is InChI=1S/C11H13N3O2/c1-7-9(2-3-10(15)16)13-14-11(7)8-4-5-12-6-8/h4-6,12H,2-3H2,1H3,(H,13,14)(H,15,16). The van der Waals surface area contributed by atoms with Crippen LogP contribution in [0.4, 0.5) is 0 Å². The first kappa shape index (κ1) is 10.5. The Bertz CT molecular complexity index is 485. The van der Waals surface area contributed by atoms with E-state index in [2.05, 4.69) is 15.2 Å². The van der Waals surface area contributed by atoms with E-state index < -0.39 is 5.97 Å². The molecule has 0 unspecified atom stereocenters. The number of H-pyrrole nitrogens is 2. The van der Waals surface area contributed by atoms with E-state index in [0.717, 1.165) is 22.5 Å². The summed E-state index contributed by atoms with van der Waals surface area (Å²) in [5.74, 6) is -0.794. The first-order chi connectivity index (χ1) is 7.68. The number of aryl methyl sites for hydroxylation is 1. The number of carboxylic acids is 1. The molecule has 16 heavy (non-hydrogen) atoms. The number of aromatic amines is 2. The number of carbonyl (C=O) groups is 1. The highest BCUT2D eigenvalue weighted by Crippen LogP contribution is 2.22. The third-order valence-corrected chi connectivity index (χ3v) is 2.57. The van der Waals surface area contributed by atoms with Crippen molar-refractivity contribution in [3.63, 3.8) is 0 Å². The zero-order chi connectivity index (χ0) is 11.5. The summed E-state index contributed by atoms with van der Waals surface area (Å²) in [5.41, 5.74) is 3.79. The van der Waals surface area contributed by atoms with Gasteiger partial charge in [0.15, 0.2) is 0 Å². The second-order valence-electron chi connectivity index (χ2n) is 3.67. The molecule has 2 aromatic heterocycles. The Kier molecular flexibility index (Phi) is 2.76. The van der Waals surface area contributed by atoms with Crippen LogP contribution in [0.3, 0.4) is 0 Å². The monoisotopic (exact) mass is 219 g/mol. The zero-order valence-electron chi connectivity index (χ0n) is 8.95. The molecule has 0 aliphatic heterocycles. The van der Waals surface area contributed by atoms with Crippen LogP contribution in [-0.4, -0.2) is 26.3 Å². The number of nitrogens with zero attached hydrogens (tertiary/aromatic N) is 1. The maximum absolute atomic E-state index is 10.5. The van der Waals surface area contributed by atoms with E-state index in [1.54, 1.807) is 0 Å². The van der Waals surface area contributed by atoms with Gasteiger partial charge in [-0.2, -0.15) is 5.10 Å². The molecule has 84 valence electrons. The molecule has 0 aliphatic carbocycles. The molecule has 0 amide bonds. The molecular weight excluding hydrogens is 206 g/mol. The maximum atomic E-state index is 10.5. The molecule has 2 rings (SSSR count). The molecule has 0 bridgehead atoms. The Morgan fingerprint density at radius 3 is 3.00 bits per heavy atom. The third kappa shape index (κ3) is 1.98. The van der Waals surface area contributed by atoms with E-state index >= 15 is 0 Å². The molecule has 0 saturated carbocycles. The Hall–Kier alpha value is -2.04. The van der Waals surface area contributed by atoms with Gasteiger partial charge in [0.1, 0.15) is 0 Å². The molecule has 3 N–H and O–H groups in total. The molecule has 0 radical (unpaired) electrons. The summed E-state index contributed by atoms with van der Waals surface area (Å²) in [4.78, 5) is 13.4. The van der Waals surface area contributed by atoms with Crippen molar-refractivity contribution in [3.05, 3.63) is 29.7 Å². The lowest BCUT2D eigenvalue weighted by molar-refractivity contribution is -0.136. The molecule has 5 nitrogen and oxygen atoms in total. The summed E-state index contributed by atoms with van der Waals surface area (Å²) < 4.78 is 0. The summed E-state index contributed by atoms with van der Waals surface area (Å²) in [7, 11) is 0. The number of rotatable bonds is 4. The van der Waals surface area contributed by atoms with Gasteiger partial charge in [-0.05, 0) is 25.0 Å². The van der Waals surface area contributed by atoms with Gasteiger partial charge in [0.2, 0.25) is 0 Å². The van der Waals surface area contributed by atoms with Crippen LogP contribution in [0.1, 0.15) is 17.7 Å². The number of carboxylic acid groups (broad SMARTS) is 1. The summed E-state index contributed by atoms with van der Waals surface area (Å²) in [5, 5.41) is 15.7. The molecule has 2 aromatic rings. The van der Waals surface area contributed by atoms with Gasteiger partial charge in [-0.25, -0.2) is 0 Å². The quantitative estimate of drug-likeness (QED) is 0.732. The minimum absolute atomic E-state index is 0.121. The van der Waals surface area contributed by atoms with E-state index in [1.807, 2.05) is 25.4 Å². The molecule has 0 aromatic carbocycles. The van der Waals surface area contributed by atoms with Crippen molar-refractivity contribution >= 4 is 5.97 Å². The number of aliphatic carboxylic acids is 1. The summed E-state index contributed by atoms with van der Waals surface area (Å²) in [6.45, 7) is 1.95. The van der Waals surface area contributed by atoms with Gasteiger partial charge in [0.25, 0.3) is 0 Å². The van der Waals surface area contributed by atoms with Crippen molar-refractivity contribution in [3.8, 4) is 11.3 Å². The van der Waals surface area contributed by atoms with Crippen LogP contribution in [0.2, 0.25) is 0 Å². The van der Waals surface area contributed by atoms with Crippen molar-refractivity contribution < 1.29 is 9.90 Å². The SMILES string of the molecule is Cc1c(-c2cc[nH]c2)n[nH]c1CCC(=O)O. The second kappa shape index (κ2) is 4.22. The highest BCUT2D eigenvalue weighted by atomic mass is 16.4. The molecule has 0 spiro atoms. The lowest BCUT2D eigenvalue weighted by atomic mass is 10.1. The molecule has 0 saturated heterocycles. The number of hydrogen-bond acceptors (Lipinski definition) is 2. The van der Waals surface area contributed by atoms with E-state index in [4.69, 9.17) is 5.11 Å². The van der Waals surface area contributed by atoms with Crippen LogP contribution in [0, 0.1) is 6.92 Å². The normalized spacial score (nSPS) is 10.6. The van der Waals surface area contributed by atoms with E-state index in [9.17, 15) is 4.79 Å². The van der Waals surface area contributed by atoms with Crippen LogP contribution in [0.5, 0.6) is 0 Å². The summed E-state index contributed by atoms with van der Waals surface area (Å²) in [6, 6.07) is 1.93. The van der Waals surface area contributed by atoms with Gasteiger partial charge < -0.3 is 10.1 Å². The van der Waals surface area contributed by atoms with E-state index in [-0.39, 0.29) is 6.42 Å². The Morgan fingerprint density at radius 1 is 1.56 bits per heavy atom. The first-order valence-corrected chi connectivity index (χ1v) is 5.07. The molecule has 2 heterocycles. The van der Waals surface area contributed by atoms with Crippen molar-refractivity contribution in [1.82, 2.24) is 15.2 Å². The minimum atomic E-state index is -0.794. The van der Waals surface area contributed by atoms with Gasteiger partial charge in [-0.3, -0.25) is 9.89 Å². The predicted molar refractivity (Wildman–Crippen MR) is 59.1 cm³/mol. The van der Waals surface area contributed by atoms with Crippen LogP contribution in [0.15, 0.2) is 18.5 Å². The smallest absolute Gasteiger partial charge is 0.303 e. The van der Waals surface area contributed by atoms with E-state index in [0.29, 0.717) is 6.42 Å². The van der Waals surface area contributed by atoms with Crippen LogP contribution in [0.25, 0.3) is 11.3 Å². The molecular formula is C11H13N3O2. The van der Waals surface area contributed by atoms with Crippen LogP contribution < -0.4 is 0 Å². The van der Waals surface area contributed by atoms with Gasteiger partial charge in [-0.15, -0.1) is 0 Å². The number of aromatic nitrogens is 3. The van der Waals surface area contributed by atoms with Gasteiger partial charge in [-0.1, -0.05) is 0 Å². The van der Waals surface area contributed by atoms with E-state index in [1.165, 1.54) is 0 Å². The lowest BCUT2D eigenvalue weighted by Crippen LogP contribution is -1.98. The molecule has 0 fully saturated rings. The number of hydrogen-bond donors (Lipinski definition) is 3. The highest BCUT2D eigenvalue weighted by Gasteiger charge is 2.11. The van der Waals surface area contributed by atoms with Crippen molar-refractivity contribution in [2.75, 3.05) is 0 Å². The van der Waals surface area contributed by atoms with Crippen molar-refractivity contribution in [1.29, 1.82) is 0 Å². The topological polar surface area (TPSA) is 81.8 Å².